The highest BCUT2D eigenvalue weighted by Crippen LogP contribution is 2.30. The summed E-state index contributed by atoms with van der Waals surface area (Å²) in [5.41, 5.74) is 7.45. The molecule has 2 heterocycles. The van der Waals surface area contributed by atoms with Crippen molar-refractivity contribution < 1.29 is 0 Å². The minimum atomic E-state index is 0.322. The lowest BCUT2D eigenvalue weighted by Crippen LogP contribution is -2.49. The number of thiophene rings is 1. The molecule has 1 aliphatic rings. The zero-order valence-electron chi connectivity index (χ0n) is 8.57. The lowest BCUT2D eigenvalue weighted by atomic mass is 9.83. The van der Waals surface area contributed by atoms with Crippen molar-refractivity contribution in [3.8, 4) is 0 Å². The smallest absolute Gasteiger partial charge is 0.0171 e. The second-order valence-corrected chi connectivity index (χ2v) is 4.86. The highest BCUT2D eigenvalue weighted by atomic mass is 32.1. The maximum absolute atomic E-state index is 5.99. The first-order valence-corrected chi connectivity index (χ1v) is 6.26. The van der Waals surface area contributed by atoms with Crippen molar-refractivity contribution in [2.45, 2.75) is 37.8 Å². The molecule has 3 unspecified atom stereocenters. The molecule has 2 rings (SSSR count). The molecule has 1 fully saturated rings. The van der Waals surface area contributed by atoms with E-state index in [2.05, 4.69) is 29.1 Å². The molecule has 0 spiro atoms. The van der Waals surface area contributed by atoms with Gasteiger partial charge in [-0.15, -0.1) is 0 Å². The van der Waals surface area contributed by atoms with E-state index < -0.39 is 0 Å². The minimum Gasteiger partial charge on any atom is -0.327 e. The second kappa shape index (κ2) is 4.43. The van der Waals surface area contributed by atoms with Crippen molar-refractivity contribution in [2.24, 2.45) is 5.73 Å². The molecular formula is C11H18N2S. The number of nitrogens with two attached hydrogens (primary N) is 1. The molecule has 0 bridgehead atoms. The zero-order chi connectivity index (χ0) is 9.97. The highest BCUT2D eigenvalue weighted by Gasteiger charge is 2.28. The Morgan fingerprint density at radius 1 is 1.64 bits per heavy atom. The van der Waals surface area contributed by atoms with Gasteiger partial charge in [0.1, 0.15) is 0 Å². The molecule has 0 aliphatic carbocycles. The van der Waals surface area contributed by atoms with E-state index in [4.69, 9.17) is 5.73 Å². The predicted molar refractivity (Wildman–Crippen MR) is 61.7 cm³/mol. The normalized spacial score (nSPS) is 33.1. The van der Waals surface area contributed by atoms with Gasteiger partial charge in [-0.2, -0.15) is 11.3 Å². The summed E-state index contributed by atoms with van der Waals surface area (Å²) in [6, 6.07) is 3.17. The van der Waals surface area contributed by atoms with Crippen LogP contribution in [-0.4, -0.2) is 18.6 Å². The van der Waals surface area contributed by atoms with Gasteiger partial charge in [-0.25, -0.2) is 0 Å². The molecule has 0 saturated carbocycles. The van der Waals surface area contributed by atoms with Gasteiger partial charge < -0.3 is 11.1 Å². The van der Waals surface area contributed by atoms with Gasteiger partial charge in [-0.1, -0.05) is 6.92 Å². The van der Waals surface area contributed by atoms with Crippen molar-refractivity contribution in [1.82, 2.24) is 5.32 Å². The van der Waals surface area contributed by atoms with Crippen LogP contribution < -0.4 is 11.1 Å². The first kappa shape index (κ1) is 10.1. The number of nitrogens with one attached hydrogen (secondary N) is 1. The van der Waals surface area contributed by atoms with E-state index in [1.54, 1.807) is 11.3 Å². The molecule has 3 N–H and O–H groups in total. The van der Waals surface area contributed by atoms with Gasteiger partial charge >= 0.3 is 0 Å². The average Bonchev–Trinajstić information content (AvgIpc) is 2.70. The summed E-state index contributed by atoms with van der Waals surface area (Å²) in [4.78, 5) is 0. The molecular weight excluding hydrogens is 192 g/mol. The van der Waals surface area contributed by atoms with Gasteiger partial charge in [-0.3, -0.25) is 0 Å². The van der Waals surface area contributed by atoms with Gasteiger partial charge in [0.05, 0.1) is 0 Å². The standard InChI is InChI=1S/C11H18N2S/c1-2-11-10(5-9(12)6-13-11)8-3-4-14-7-8/h3-4,7,9-11,13H,2,5-6,12H2,1H3. The van der Waals surface area contributed by atoms with Crippen molar-refractivity contribution >= 4 is 11.3 Å². The quantitative estimate of drug-likeness (QED) is 0.783. The Morgan fingerprint density at radius 3 is 3.14 bits per heavy atom. The van der Waals surface area contributed by atoms with Crippen LogP contribution in [0.4, 0.5) is 0 Å². The van der Waals surface area contributed by atoms with Gasteiger partial charge in [0, 0.05) is 24.5 Å². The van der Waals surface area contributed by atoms with E-state index in [0.29, 0.717) is 18.0 Å². The summed E-state index contributed by atoms with van der Waals surface area (Å²) in [5.74, 6) is 0.620. The van der Waals surface area contributed by atoms with Gasteiger partial charge in [-0.05, 0) is 35.2 Å². The van der Waals surface area contributed by atoms with Crippen LogP contribution in [0.25, 0.3) is 0 Å². The summed E-state index contributed by atoms with van der Waals surface area (Å²) >= 11 is 1.78. The number of hydrogen-bond acceptors (Lipinski definition) is 3. The molecule has 3 heteroatoms. The van der Waals surface area contributed by atoms with Crippen molar-refractivity contribution in [3.05, 3.63) is 22.4 Å². The molecule has 1 aliphatic heterocycles. The third-order valence-corrected chi connectivity index (χ3v) is 3.80. The van der Waals surface area contributed by atoms with Crippen molar-refractivity contribution in [1.29, 1.82) is 0 Å². The molecule has 2 nitrogen and oxygen atoms in total. The monoisotopic (exact) mass is 210 g/mol. The summed E-state index contributed by atoms with van der Waals surface area (Å²) in [5, 5.41) is 7.95. The summed E-state index contributed by atoms with van der Waals surface area (Å²) in [7, 11) is 0. The van der Waals surface area contributed by atoms with Crippen LogP contribution in [0.5, 0.6) is 0 Å². The molecule has 14 heavy (non-hydrogen) atoms. The van der Waals surface area contributed by atoms with Crippen LogP contribution >= 0.6 is 11.3 Å². The Kier molecular flexibility index (Phi) is 3.21. The Hall–Kier alpha value is -0.380. The number of piperidine rings is 1. The lowest BCUT2D eigenvalue weighted by molar-refractivity contribution is 0.314. The van der Waals surface area contributed by atoms with Crippen molar-refractivity contribution in [2.75, 3.05) is 6.54 Å². The summed E-state index contributed by atoms with van der Waals surface area (Å²) in [6.07, 6.45) is 2.31. The number of hydrogen-bond donors (Lipinski definition) is 2. The van der Waals surface area contributed by atoms with Crippen LogP contribution in [0.3, 0.4) is 0 Å². The average molecular weight is 210 g/mol. The van der Waals surface area contributed by atoms with Crippen LogP contribution in [0.15, 0.2) is 16.8 Å². The summed E-state index contributed by atoms with van der Waals surface area (Å²) in [6.45, 7) is 3.22. The first-order valence-electron chi connectivity index (χ1n) is 5.32. The lowest BCUT2D eigenvalue weighted by Gasteiger charge is -2.35. The van der Waals surface area contributed by atoms with Crippen LogP contribution in [0.1, 0.15) is 31.2 Å². The third-order valence-electron chi connectivity index (χ3n) is 3.10. The Bertz CT molecular complexity index is 271. The van der Waals surface area contributed by atoms with E-state index >= 15 is 0 Å². The maximum Gasteiger partial charge on any atom is 0.0171 e. The zero-order valence-corrected chi connectivity index (χ0v) is 9.39. The van der Waals surface area contributed by atoms with Crippen molar-refractivity contribution in [3.63, 3.8) is 0 Å². The fourth-order valence-electron chi connectivity index (χ4n) is 2.30. The van der Waals surface area contributed by atoms with E-state index in [1.165, 1.54) is 12.0 Å². The van der Waals surface area contributed by atoms with Gasteiger partial charge in [0.15, 0.2) is 0 Å². The molecule has 0 aromatic carbocycles. The Balaban J connectivity index is 2.13. The van der Waals surface area contributed by atoms with E-state index in [9.17, 15) is 0 Å². The van der Waals surface area contributed by atoms with Crippen LogP contribution in [0.2, 0.25) is 0 Å². The van der Waals surface area contributed by atoms with Crippen LogP contribution in [-0.2, 0) is 0 Å². The van der Waals surface area contributed by atoms with Gasteiger partial charge in [0.25, 0.3) is 0 Å². The fourth-order valence-corrected chi connectivity index (χ4v) is 3.03. The van der Waals surface area contributed by atoms with E-state index in [0.717, 1.165) is 13.0 Å². The minimum absolute atomic E-state index is 0.322. The summed E-state index contributed by atoms with van der Waals surface area (Å²) < 4.78 is 0. The molecule has 3 atom stereocenters. The molecule has 1 aromatic heterocycles. The maximum atomic E-state index is 5.99. The van der Waals surface area contributed by atoms with E-state index in [-0.39, 0.29) is 0 Å². The molecule has 78 valence electrons. The van der Waals surface area contributed by atoms with Gasteiger partial charge in [0.2, 0.25) is 0 Å². The van der Waals surface area contributed by atoms with E-state index in [1.807, 2.05) is 0 Å². The first-order chi connectivity index (χ1) is 6.81. The molecule has 1 aromatic rings. The highest BCUT2D eigenvalue weighted by molar-refractivity contribution is 7.07. The Labute approximate surface area is 89.5 Å². The molecule has 0 radical (unpaired) electrons. The SMILES string of the molecule is CCC1NCC(N)CC1c1ccsc1. The Morgan fingerprint density at radius 2 is 2.50 bits per heavy atom. The molecule has 1 saturated heterocycles. The number of rotatable bonds is 2. The predicted octanol–water partition coefficient (Wildman–Crippen LogP) is 1.93. The third kappa shape index (κ3) is 2.00. The molecule has 0 amide bonds. The second-order valence-electron chi connectivity index (χ2n) is 4.08. The topological polar surface area (TPSA) is 38.0 Å². The largest absolute Gasteiger partial charge is 0.327 e. The fraction of sp³-hybridized carbons (Fsp3) is 0.636. The van der Waals surface area contributed by atoms with Crippen LogP contribution in [0, 0.1) is 0 Å².